The Balaban J connectivity index is 2.47. The van der Waals surface area contributed by atoms with Gasteiger partial charge >= 0.3 is 0 Å². The van der Waals surface area contributed by atoms with Gasteiger partial charge in [0.1, 0.15) is 5.82 Å². The first-order valence-electron chi connectivity index (χ1n) is 5.78. The molecule has 0 saturated heterocycles. The molecular weight excluding hydrogens is 203 g/mol. The third-order valence-electron chi connectivity index (χ3n) is 2.82. The normalized spacial score (nSPS) is 13.1. The first kappa shape index (κ1) is 13.1. The maximum Gasteiger partial charge on any atom is 0.123 e. The van der Waals surface area contributed by atoms with Gasteiger partial charge in [-0.15, -0.1) is 0 Å². The fourth-order valence-corrected chi connectivity index (χ4v) is 1.82. The number of rotatable bonds is 6. The quantitative estimate of drug-likeness (QED) is 0.803. The van der Waals surface area contributed by atoms with E-state index in [1.807, 2.05) is 13.1 Å². The molecule has 0 radical (unpaired) electrons. The number of nitrogens with two attached hydrogens (primary N) is 1. The lowest BCUT2D eigenvalue weighted by atomic mass is 10.1. The first-order chi connectivity index (χ1) is 7.65. The van der Waals surface area contributed by atoms with Gasteiger partial charge in [-0.3, -0.25) is 0 Å². The Labute approximate surface area is 97.3 Å². The lowest BCUT2D eigenvalue weighted by Crippen LogP contribution is -2.29. The van der Waals surface area contributed by atoms with E-state index in [9.17, 15) is 4.39 Å². The van der Waals surface area contributed by atoms with Gasteiger partial charge in [-0.1, -0.05) is 25.5 Å². The lowest BCUT2D eigenvalue weighted by Gasteiger charge is -2.22. The van der Waals surface area contributed by atoms with E-state index in [1.165, 1.54) is 6.07 Å². The van der Waals surface area contributed by atoms with E-state index in [-0.39, 0.29) is 5.82 Å². The molecule has 16 heavy (non-hydrogen) atoms. The van der Waals surface area contributed by atoms with Crippen LogP contribution in [0, 0.1) is 11.7 Å². The molecule has 1 unspecified atom stereocenters. The average Bonchev–Trinajstić information content (AvgIpc) is 2.26. The Morgan fingerprint density at radius 1 is 1.44 bits per heavy atom. The Kier molecular flexibility index (Phi) is 5.43. The minimum atomic E-state index is -0.170. The van der Waals surface area contributed by atoms with E-state index in [0.717, 1.165) is 25.1 Å². The predicted molar refractivity (Wildman–Crippen MR) is 65.6 cm³/mol. The van der Waals surface area contributed by atoms with Crippen molar-refractivity contribution in [1.29, 1.82) is 0 Å². The SMILES string of the molecule is CCC(CN)CN(C)Cc1cccc(F)c1. The van der Waals surface area contributed by atoms with E-state index >= 15 is 0 Å². The molecule has 0 aromatic heterocycles. The van der Waals surface area contributed by atoms with Crippen LogP contribution < -0.4 is 5.73 Å². The number of benzene rings is 1. The summed E-state index contributed by atoms with van der Waals surface area (Å²) in [5, 5.41) is 0. The summed E-state index contributed by atoms with van der Waals surface area (Å²) >= 11 is 0. The van der Waals surface area contributed by atoms with Crippen LogP contribution in [0.4, 0.5) is 4.39 Å². The summed E-state index contributed by atoms with van der Waals surface area (Å²) in [5.74, 6) is 0.357. The highest BCUT2D eigenvalue weighted by atomic mass is 19.1. The van der Waals surface area contributed by atoms with Crippen LogP contribution >= 0.6 is 0 Å². The van der Waals surface area contributed by atoms with Crippen molar-refractivity contribution in [2.45, 2.75) is 19.9 Å². The fraction of sp³-hybridized carbons (Fsp3) is 0.538. The highest BCUT2D eigenvalue weighted by Gasteiger charge is 2.08. The maximum atomic E-state index is 13.0. The Morgan fingerprint density at radius 2 is 2.19 bits per heavy atom. The van der Waals surface area contributed by atoms with Gasteiger partial charge in [0.05, 0.1) is 0 Å². The fourth-order valence-electron chi connectivity index (χ4n) is 1.82. The van der Waals surface area contributed by atoms with E-state index in [1.54, 1.807) is 12.1 Å². The van der Waals surface area contributed by atoms with Crippen molar-refractivity contribution in [3.8, 4) is 0 Å². The molecule has 1 atom stereocenters. The molecule has 3 heteroatoms. The van der Waals surface area contributed by atoms with Crippen molar-refractivity contribution in [1.82, 2.24) is 4.90 Å². The van der Waals surface area contributed by atoms with Crippen LogP contribution in [0.2, 0.25) is 0 Å². The maximum absolute atomic E-state index is 13.0. The Morgan fingerprint density at radius 3 is 2.75 bits per heavy atom. The second-order valence-corrected chi connectivity index (χ2v) is 4.34. The molecule has 0 fully saturated rings. The molecule has 1 rings (SSSR count). The van der Waals surface area contributed by atoms with E-state index in [4.69, 9.17) is 5.73 Å². The van der Waals surface area contributed by atoms with Crippen LogP contribution in [0.25, 0.3) is 0 Å². The number of halogens is 1. The van der Waals surface area contributed by atoms with Crippen LogP contribution in [0.3, 0.4) is 0 Å². The second-order valence-electron chi connectivity index (χ2n) is 4.34. The monoisotopic (exact) mass is 224 g/mol. The van der Waals surface area contributed by atoms with Gasteiger partial charge in [0.25, 0.3) is 0 Å². The average molecular weight is 224 g/mol. The summed E-state index contributed by atoms with van der Waals surface area (Å²) < 4.78 is 13.0. The molecule has 0 amide bonds. The summed E-state index contributed by atoms with van der Waals surface area (Å²) in [5.41, 5.74) is 6.67. The zero-order valence-electron chi connectivity index (χ0n) is 10.1. The highest BCUT2D eigenvalue weighted by molar-refractivity contribution is 5.15. The van der Waals surface area contributed by atoms with Crippen LogP contribution in [-0.4, -0.2) is 25.0 Å². The van der Waals surface area contributed by atoms with Crippen molar-refractivity contribution in [3.63, 3.8) is 0 Å². The van der Waals surface area contributed by atoms with E-state index < -0.39 is 0 Å². The molecule has 0 bridgehead atoms. The summed E-state index contributed by atoms with van der Waals surface area (Å²) in [6.45, 7) is 4.59. The van der Waals surface area contributed by atoms with Gasteiger partial charge in [0.2, 0.25) is 0 Å². The Bertz CT molecular complexity index is 311. The van der Waals surface area contributed by atoms with Crippen molar-refractivity contribution < 1.29 is 4.39 Å². The van der Waals surface area contributed by atoms with Crippen LogP contribution in [0.1, 0.15) is 18.9 Å². The summed E-state index contributed by atoms with van der Waals surface area (Å²) in [6.07, 6.45) is 1.09. The largest absolute Gasteiger partial charge is 0.330 e. The van der Waals surface area contributed by atoms with Crippen molar-refractivity contribution in [2.75, 3.05) is 20.1 Å². The molecule has 0 spiro atoms. The smallest absolute Gasteiger partial charge is 0.123 e. The number of hydrogen-bond donors (Lipinski definition) is 1. The molecule has 0 aliphatic rings. The van der Waals surface area contributed by atoms with Crippen molar-refractivity contribution in [2.24, 2.45) is 11.7 Å². The molecule has 1 aromatic rings. The molecule has 90 valence electrons. The third kappa shape index (κ3) is 4.29. The zero-order chi connectivity index (χ0) is 12.0. The molecule has 2 nitrogen and oxygen atoms in total. The number of hydrogen-bond acceptors (Lipinski definition) is 2. The summed E-state index contributed by atoms with van der Waals surface area (Å²) in [4.78, 5) is 2.19. The predicted octanol–water partition coefficient (Wildman–Crippen LogP) is 2.24. The summed E-state index contributed by atoms with van der Waals surface area (Å²) in [6, 6.07) is 6.75. The first-order valence-corrected chi connectivity index (χ1v) is 5.78. The lowest BCUT2D eigenvalue weighted by molar-refractivity contribution is 0.267. The molecule has 1 aromatic carbocycles. The van der Waals surface area contributed by atoms with Gasteiger partial charge < -0.3 is 10.6 Å². The highest BCUT2D eigenvalue weighted by Crippen LogP contribution is 2.09. The van der Waals surface area contributed by atoms with Gasteiger partial charge in [-0.05, 0) is 37.2 Å². The molecule has 0 heterocycles. The van der Waals surface area contributed by atoms with Gasteiger partial charge in [0.15, 0.2) is 0 Å². The van der Waals surface area contributed by atoms with E-state index in [0.29, 0.717) is 12.5 Å². The number of nitrogens with zero attached hydrogens (tertiary/aromatic N) is 1. The minimum Gasteiger partial charge on any atom is -0.330 e. The molecule has 2 N–H and O–H groups in total. The molecule has 0 saturated carbocycles. The van der Waals surface area contributed by atoms with Crippen LogP contribution in [-0.2, 0) is 6.54 Å². The van der Waals surface area contributed by atoms with Gasteiger partial charge in [-0.25, -0.2) is 4.39 Å². The van der Waals surface area contributed by atoms with Crippen LogP contribution in [0.5, 0.6) is 0 Å². The van der Waals surface area contributed by atoms with Crippen molar-refractivity contribution >= 4 is 0 Å². The van der Waals surface area contributed by atoms with Crippen molar-refractivity contribution in [3.05, 3.63) is 35.6 Å². The second kappa shape index (κ2) is 6.61. The van der Waals surface area contributed by atoms with Crippen LogP contribution in [0.15, 0.2) is 24.3 Å². The minimum absolute atomic E-state index is 0.170. The Hall–Kier alpha value is -0.930. The molecular formula is C13H21FN2. The summed E-state index contributed by atoms with van der Waals surface area (Å²) in [7, 11) is 2.04. The molecule has 0 aliphatic heterocycles. The molecule has 0 aliphatic carbocycles. The van der Waals surface area contributed by atoms with Gasteiger partial charge in [0, 0.05) is 13.1 Å². The van der Waals surface area contributed by atoms with E-state index in [2.05, 4.69) is 11.8 Å². The topological polar surface area (TPSA) is 29.3 Å². The standard InChI is InChI=1S/C13H21FN2/c1-3-11(8-15)9-16(2)10-12-5-4-6-13(14)7-12/h4-7,11H,3,8-10,15H2,1-2H3. The zero-order valence-corrected chi connectivity index (χ0v) is 10.1. The third-order valence-corrected chi connectivity index (χ3v) is 2.82. The van der Waals surface area contributed by atoms with Gasteiger partial charge in [-0.2, -0.15) is 0 Å².